The molecule has 3 amide bonds. The van der Waals surface area contributed by atoms with Gasteiger partial charge in [0.15, 0.2) is 5.75 Å². The lowest BCUT2D eigenvalue weighted by Crippen LogP contribution is -2.49. The molecular formula is C20H24N4O3. The third-order valence-corrected chi connectivity index (χ3v) is 4.24. The van der Waals surface area contributed by atoms with Crippen molar-refractivity contribution in [2.24, 2.45) is 0 Å². The largest absolute Gasteiger partial charge is 0.454 e. The lowest BCUT2D eigenvalue weighted by molar-refractivity contribution is -0.119. The van der Waals surface area contributed by atoms with Gasteiger partial charge < -0.3 is 20.3 Å². The lowest BCUT2D eigenvalue weighted by atomic mass is 10.2. The number of pyridine rings is 1. The average Bonchev–Trinajstić information content (AvgIpc) is 3.14. The predicted molar refractivity (Wildman–Crippen MR) is 103 cm³/mol. The van der Waals surface area contributed by atoms with Crippen molar-refractivity contribution in [2.75, 3.05) is 11.9 Å². The van der Waals surface area contributed by atoms with Crippen LogP contribution in [0.25, 0.3) is 0 Å². The summed E-state index contributed by atoms with van der Waals surface area (Å²) in [6, 6.07) is 10.1. The quantitative estimate of drug-likeness (QED) is 0.847. The van der Waals surface area contributed by atoms with E-state index in [0.29, 0.717) is 30.2 Å². The first-order valence-corrected chi connectivity index (χ1v) is 9.09. The van der Waals surface area contributed by atoms with Crippen molar-refractivity contribution in [2.45, 2.75) is 38.8 Å². The maximum absolute atomic E-state index is 12.8. The van der Waals surface area contributed by atoms with E-state index < -0.39 is 6.04 Å². The molecule has 0 saturated carbocycles. The van der Waals surface area contributed by atoms with E-state index in [1.54, 1.807) is 41.6 Å². The number of carbonyl (C=O) groups is 2. The maximum atomic E-state index is 12.8. The second-order valence-electron chi connectivity index (χ2n) is 6.73. The fraction of sp³-hybridized carbons (Fsp3) is 0.350. The van der Waals surface area contributed by atoms with E-state index in [1.807, 2.05) is 26.0 Å². The molecule has 7 nitrogen and oxygen atoms in total. The molecule has 3 rings (SSSR count). The van der Waals surface area contributed by atoms with Crippen molar-refractivity contribution in [1.29, 1.82) is 0 Å². The molecule has 0 aliphatic carbocycles. The summed E-state index contributed by atoms with van der Waals surface area (Å²) >= 11 is 0. The molecule has 1 saturated heterocycles. The monoisotopic (exact) mass is 368 g/mol. The molecule has 7 heteroatoms. The Morgan fingerprint density at radius 1 is 1.22 bits per heavy atom. The van der Waals surface area contributed by atoms with Gasteiger partial charge in [0.2, 0.25) is 5.91 Å². The molecule has 1 aromatic carbocycles. The Hall–Kier alpha value is -3.09. The van der Waals surface area contributed by atoms with Gasteiger partial charge in [0, 0.05) is 18.8 Å². The number of carbonyl (C=O) groups excluding carboxylic acids is 2. The van der Waals surface area contributed by atoms with Crippen LogP contribution in [0.4, 0.5) is 10.5 Å². The molecule has 1 aliphatic heterocycles. The first-order valence-electron chi connectivity index (χ1n) is 9.09. The van der Waals surface area contributed by atoms with Crippen molar-refractivity contribution in [3.63, 3.8) is 0 Å². The number of aromatic nitrogens is 1. The molecule has 0 radical (unpaired) electrons. The third kappa shape index (κ3) is 4.75. The second-order valence-corrected chi connectivity index (χ2v) is 6.73. The average molecular weight is 368 g/mol. The van der Waals surface area contributed by atoms with Crippen molar-refractivity contribution in [3.05, 3.63) is 48.8 Å². The maximum Gasteiger partial charge on any atom is 0.318 e. The first kappa shape index (κ1) is 18.7. The van der Waals surface area contributed by atoms with Gasteiger partial charge >= 0.3 is 6.03 Å². The standard InChI is InChI=1S/C20H24N4O3/c1-14(2)22-20(26)24-12-6-9-17(24)19(25)23-16-8-3-4-10-18(16)27-15-7-5-11-21-13-15/h3-5,7-8,10-11,13-14,17H,6,9,12H2,1-2H3,(H,22,26)(H,23,25). The van der Waals surface area contributed by atoms with E-state index in [-0.39, 0.29) is 18.0 Å². The van der Waals surface area contributed by atoms with Gasteiger partial charge in [0.05, 0.1) is 11.9 Å². The summed E-state index contributed by atoms with van der Waals surface area (Å²) in [7, 11) is 0. The van der Waals surface area contributed by atoms with E-state index in [0.717, 1.165) is 6.42 Å². The molecule has 0 spiro atoms. The van der Waals surface area contributed by atoms with Crippen LogP contribution < -0.4 is 15.4 Å². The van der Waals surface area contributed by atoms with Crippen LogP contribution in [0.2, 0.25) is 0 Å². The van der Waals surface area contributed by atoms with E-state index in [9.17, 15) is 9.59 Å². The fourth-order valence-corrected chi connectivity index (χ4v) is 3.02. The molecule has 0 bridgehead atoms. The first-order chi connectivity index (χ1) is 13.0. The number of hydrogen-bond acceptors (Lipinski definition) is 4. The van der Waals surface area contributed by atoms with Crippen LogP contribution in [-0.4, -0.2) is 40.5 Å². The van der Waals surface area contributed by atoms with Gasteiger partial charge in [-0.1, -0.05) is 12.1 Å². The molecule has 1 aromatic heterocycles. The Morgan fingerprint density at radius 3 is 2.78 bits per heavy atom. The molecule has 2 heterocycles. The summed E-state index contributed by atoms with van der Waals surface area (Å²) in [5.41, 5.74) is 0.558. The molecule has 1 aliphatic rings. The summed E-state index contributed by atoms with van der Waals surface area (Å²) in [5, 5.41) is 5.76. The number of para-hydroxylation sites is 2. The van der Waals surface area contributed by atoms with Crippen molar-refractivity contribution < 1.29 is 14.3 Å². The van der Waals surface area contributed by atoms with Crippen molar-refractivity contribution >= 4 is 17.6 Å². The number of amides is 3. The molecule has 1 atom stereocenters. The minimum absolute atomic E-state index is 0.0235. The van der Waals surface area contributed by atoms with E-state index in [4.69, 9.17) is 4.74 Å². The van der Waals surface area contributed by atoms with Crippen LogP contribution in [0.15, 0.2) is 48.8 Å². The topological polar surface area (TPSA) is 83.6 Å². The normalized spacial score (nSPS) is 16.3. The fourth-order valence-electron chi connectivity index (χ4n) is 3.02. The summed E-state index contributed by atoms with van der Waals surface area (Å²) in [6.45, 7) is 4.37. The molecule has 142 valence electrons. The van der Waals surface area contributed by atoms with Crippen LogP contribution in [0.1, 0.15) is 26.7 Å². The number of benzene rings is 1. The zero-order valence-electron chi connectivity index (χ0n) is 15.5. The number of anilines is 1. The van der Waals surface area contributed by atoms with E-state index >= 15 is 0 Å². The minimum atomic E-state index is -0.491. The zero-order valence-corrected chi connectivity index (χ0v) is 15.5. The van der Waals surface area contributed by atoms with Gasteiger partial charge in [0.25, 0.3) is 0 Å². The summed E-state index contributed by atoms with van der Waals surface area (Å²) in [5.74, 6) is 0.890. The van der Waals surface area contributed by atoms with Gasteiger partial charge in [0.1, 0.15) is 11.8 Å². The number of nitrogens with one attached hydrogen (secondary N) is 2. The number of ether oxygens (including phenoxy) is 1. The number of hydrogen-bond donors (Lipinski definition) is 2. The van der Waals surface area contributed by atoms with Crippen LogP contribution >= 0.6 is 0 Å². The third-order valence-electron chi connectivity index (χ3n) is 4.24. The summed E-state index contributed by atoms with van der Waals surface area (Å²) in [4.78, 5) is 30.8. The van der Waals surface area contributed by atoms with Gasteiger partial charge in [-0.2, -0.15) is 0 Å². The Labute approximate surface area is 158 Å². The molecule has 2 aromatic rings. The molecular weight excluding hydrogens is 344 g/mol. The zero-order chi connectivity index (χ0) is 19.2. The minimum Gasteiger partial charge on any atom is -0.454 e. The second kappa shape index (κ2) is 8.53. The van der Waals surface area contributed by atoms with Crippen LogP contribution in [0, 0.1) is 0 Å². The number of likely N-dealkylation sites (tertiary alicyclic amines) is 1. The SMILES string of the molecule is CC(C)NC(=O)N1CCCC1C(=O)Nc1ccccc1Oc1cccnc1. The molecule has 2 N–H and O–H groups in total. The smallest absolute Gasteiger partial charge is 0.318 e. The Balaban J connectivity index is 1.71. The Kier molecular flexibility index (Phi) is 5.90. The number of rotatable bonds is 5. The van der Waals surface area contributed by atoms with Gasteiger partial charge in [-0.3, -0.25) is 9.78 Å². The van der Waals surface area contributed by atoms with Gasteiger partial charge in [-0.15, -0.1) is 0 Å². The van der Waals surface area contributed by atoms with Crippen LogP contribution in [-0.2, 0) is 4.79 Å². The van der Waals surface area contributed by atoms with E-state index in [1.165, 1.54) is 0 Å². The molecule has 1 unspecified atom stereocenters. The van der Waals surface area contributed by atoms with E-state index in [2.05, 4.69) is 15.6 Å². The predicted octanol–water partition coefficient (Wildman–Crippen LogP) is 3.39. The highest BCUT2D eigenvalue weighted by atomic mass is 16.5. The molecule has 1 fully saturated rings. The lowest BCUT2D eigenvalue weighted by Gasteiger charge is -2.25. The van der Waals surface area contributed by atoms with Gasteiger partial charge in [-0.25, -0.2) is 4.79 Å². The van der Waals surface area contributed by atoms with Crippen molar-refractivity contribution in [1.82, 2.24) is 15.2 Å². The summed E-state index contributed by atoms with van der Waals surface area (Å²) < 4.78 is 5.83. The van der Waals surface area contributed by atoms with Gasteiger partial charge in [-0.05, 0) is 51.0 Å². The van der Waals surface area contributed by atoms with Crippen molar-refractivity contribution in [3.8, 4) is 11.5 Å². The molecule has 27 heavy (non-hydrogen) atoms. The summed E-state index contributed by atoms with van der Waals surface area (Å²) in [6.07, 6.45) is 4.71. The number of urea groups is 1. The van der Waals surface area contributed by atoms with Crippen LogP contribution in [0.5, 0.6) is 11.5 Å². The Bertz CT molecular complexity index is 795. The number of nitrogens with zero attached hydrogens (tertiary/aromatic N) is 2. The van der Waals surface area contributed by atoms with Crippen LogP contribution in [0.3, 0.4) is 0 Å². The highest BCUT2D eigenvalue weighted by molar-refractivity contribution is 5.98. The highest BCUT2D eigenvalue weighted by Gasteiger charge is 2.34. The Morgan fingerprint density at radius 2 is 2.04 bits per heavy atom. The highest BCUT2D eigenvalue weighted by Crippen LogP contribution is 2.29.